The Hall–Kier alpha value is -2.59. The lowest BCUT2D eigenvalue weighted by atomic mass is 9.91. The Morgan fingerprint density at radius 2 is 1.40 bits per heavy atom. The van der Waals surface area contributed by atoms with E-state index in [-0.39, 0.29) is 5.56 Å². The average molecular weight is 662 g/mol. The maximum atomic E-state index is 13.0. The van der Waals surface area contributed by atoms with Gasteiger partial charge in [0.15, 0.2) is 6.23 Å². The molecule has 0 bridgehead atoms. The molecule has 1 aliphatic heterocycles. The van der Waals surface area contributed by atoms with Crippen LogP contribution in [0, 0.1) is 0 Å². The van der Waals surface area contributed by atoms with Crippen LogP contribution in [-0.2, 0) is 36.1 Å². The van der Waals surface area contributed by atoms with E-state index in [1.807, 2.05) is 36.4 Å². The van der Waals surface area contributed by atoms with Crippen molar-refractivity contribution in [1.82, 2.24) is 9.55 Å². The van der Waals surface area contributed by atoms with Gasteiger partial charge in [0.1, 0.15) is 18.3 Å². The number of hydrogen-bond acceptors (Lipinski definition) is 12. The molecule has 0 amide bonds. The summed E-state index contributed by atoms with van der Waals surface area (Å²) in [5.41, 5.74) is 1.82. The van der Waals surface area contributed by atoms with Crippen LogP contribution in [0.3, 0.4) is 0 Å². The molecule has 1 aromatic heterocycles. The van der Waals surface area contributed by atoms with Gasteiger partial charge in [-0.1, -0.05) is 48.5 Å². The summed E-state index contributed by atoms with van der Waals surface area (Å²) in [5.74, 6) is -0.591. The van der Waals surface area contributed by atoms with Crippen molar-refractivity contribution in [3.63, 3.8) is 0 Å². The number of aromatic nitrogens is 2. The monoisotopic (exact) mass is 662 g/mol. The van der Waals surface area contributed by atoms with Crippen LogP contribution < -0.4 is 11.2 Å². The Balaban J connectivity index is 1.38. The van der Waals surface area contributed by atoms with E-state index in [9.17, 15) is 43.3 Å². The van der Waals surface area contributed by atoms with Gasteiger partial charge < -0.3 is 29.6 Å². The minimum atomic E-state index is -5.68. The zero-order chi connectivity index (χ0) is 31.3. The third-order valence-electron chi connectivity index (χ3n) is 6.80. The smallest absolute Gasteiger partial charge is 0.387 e. The zero-order valence-corrected chi connectivity index (χ0v) is 24.6. The number of aliphatic hydroxyl groups excluding tert-OH is 2. The molecule has 2 heterocycles. The van der Waals surface area contributed by atoms with Gasteiger partial charge in [-0.15, -0.1) is 0 Å². The molecule has 3 unspecified atom stereocenters. The van der Waals surface area contributed by atoms with Crippen molar-refractivity contribution in [1.29, 1.82) is 0 Å². The lowest BCUT2D eigenvalue weighted by molar-refractivity contribution is -0.0543. The fourth-order valence-electron chi connectivity index (χ4n) is 4.98. The van der Waals surface area contributed by atoms with Crippen LogP contribution in [0.15, 0.2) is 64.3 Å². The number of hydrogen-bond donors (Lipinski definition) is 6. The number of phosphoric acid groups is 3. The highest BCUT2D eigenvalue weighted by Gasteiger charge is 2.47. The van der Waals surface area contributed by atoms with E-state index in [4.69, 9.17) is 9.63 Å². The van der Waals surface area contributed by atoms with Crippen molar-refractivity contribution in [3.05, 3.63) is 92.3 Å². The molecular formula is C23H25N2O15P3. The first-order valence-corrected chi connectivity index (χ1v) is 16.8. The number of aromatic amines is 1. The molecule has 5 rings (SSSR count). The number of nitrogens with zero attached hydrogens (tertiary/aromatic N) is 1. The topological polar surface area (TPSA) is 253 Å². The van der Waals surface area contributed by atoms with Crippen LogP contribution in [0.2, 0.25) is 0 Å². The summed E-state index contributed by atoms with van der Waals surface area (Å²) in [6.45, 7) is -1.04. The first-order chi connectivity index (χ1) is 20.1. The van der Waals surface area contributed by atoms with E-state index in [0.717, 1.165) is 26.8 Å². The van der Waals surface area contributed by atoms with E-state index < -0.39 is 71.8 Å². The molecule has 1 aliphatic carbocycles. The van der Waals surface area contributed by atoms with Gasteiger partial charge in [-0.3, -0.25) is 23.4 Å². The van der Waals surface area contributed by atoms with Crippen LogP contribution in [-0.4, -0.2) is 66.5 Å². The lowest BCUT2D eigenvalue weighted by Crippen LogP contribution is -2.39. The summed E-state index contributed by atoms with van der Waals surface area (Å²) in [4.78, 5) is 56.5. The second-order valence-electron chi connectivity index (χ2n) is 9.45. The Labute approximate surface area is 241 Å². The molecule has 7 atom stereocenters. The van der Waals surface area contributed by atoms with Crippen LogP contribution in [0.25, 0.3) is 11.1 Å². The number of nitrogens with one attached hydrogen (secondary N) is 1. The minimum absolute atomic E-state index is 0.131. The minimum Gasteiger partial charge on any atom is -0.387 e. The largest absolute Gasteiger partial charge is 0.490 e. The van der Waals surface area contributed by atoms with Crippen LogP contribution in [0.4, 0.5) is 0 Å². The predicted molar refractivity (Wildman–Crippen MR) is 145 cm³/mol. The molecule has 2 aliphatic rings. The third-order valence-corrected chi connectivity index (χ3v) is 11.0. The van der Waals surface area contributed by atoms with E-state index in [2.05, 4.69) is 22.7 Å². The molecule has 232 valence electrons. The van der Waals surface area contributed by atoms with Crippen molar-refractivity contribution < 1.29 is 61.0 Å². The van der Waals surface area contributed by atoms with Crippen molar-refractivity contribution in [3.8, 4) is 11.1 Å². The van der Waals surface area contributed by atoms with Gasteiger partial charge in [-0.2, -0.15) is 8.62 Å². The third kappa shape index (κ3) is 6.46. The molecule has 17 nitrogen and oxygen atoms in total. The molecule has 2 aromatic carbocycles. The van der Waals surface area contributed by atoms with Crippen molar-refractivity contribution in [2.75, 3.05) is 13.7 Å². The van der Waals surface area contributed by atoms with Gasteiger partial charge in [-0.25, -0.2) is 18.5 Å². The predicted octanol–water partition coefficient (Wildman–Crippen LogP) is 1.31. The van der Waals surface area contributed by atoms with Crippen molar-refractivity contribution in [2.45, 2.75) is 30.5 Å². The summed E-state index contributed by atoms with van der Waals surface area (Å²) in [6.07, 6.45) is -5.69. The fraction of sp³-hybridized carbons (Fsp3) is 0.304. The fourth-order valence-corrected chi connectivity index (χ4v) is 8.25. The highest BCUT2D eigenvalue weighted by atomic mass is 31.3. The molecule has 20 heteroatoms. The van der Waals surface area contributed by atoms with E-state index >= 15 is 0 Å². The summed E-state index contributed by atoms with van der Waals surface area (Å²) in [7, 11) is -15.7. The molecule has 3 aromatic rings. The molecule has 43 heavy (non-hydrogen) atoms. The molecule has 0 radical (unpaired) electrons. The molecule has 1 fully saturated rings. The highest BCUT2D eigenvalue weighted by molar-refractivity contribution is 7.66. The second-order valence-corrected chi connectivity index (χ2v) is 14.2. The van der Waals surface area contributed by atoms with Gasteiger partial charge in [0.25, 0.3) is 5.56 Å². The summed E-state index contributed by atoms with van der Waals surface area (Å²) < 4.78 is 57.9. The Morgan fingerprint density at radius 3 is 1.98 bits per heavy atom. The Bertz CT molecular complexity index is 1760. The van der Waals surface area contributed by atoms with Crippen molar-refractivity contribution >= 4 is 23.5 Å². The van der Waals surface area contributed by atoms with E-state index in [1.54, 1.807) is 12.1 Å². The van der Waals surface area contributed by atoms with Gasteiger partial charge in [0.2, 0.25) is 0 Å². The number of ether oxygens (including phenoxy) is 1. The van der Waals surface area contributed by atoms with Crippen molar-refractivity contribution in [2.24, 2.45) is 0 Å². The number of phosphoric ester groups is 2. The molecule has 6 N–H and O–H groups in total. The number of fused-ring (bicyclic) bond motifs is 3. The summed E-state index contributed by atoms with van der Waals surface area (Å²) in [6, 6.07) is 14.8. The number of benzene rings is 2. The van der Waals surface area contributed by atoms with Crippen LogP contribution in [0.5, 0.6) is 0 Å². The first-order valence-electron chi connectivity index (χ1n) is 12.3. The van der Waals surface area contributed by atoms with Gasteiger partial charge in [0, 0.05) is 24.8 Å². The van der Waals surface area contributed by atoms with Gasteiger partial charge in [0.05, 0.1) is 6.61 Å². The Morgan fingerprint density at radius 1 is 0.837 bits per heavy atom. The lowest BCUT2D eigenvalue weighted by Gasteiger charge is -2.20. The van der Waals surface area contributed by atoms with Gasteiger partial charge >= 0.3 is 29.2 Å². The Kier molecular flexibility index (Phi) is 8.68. The van der Waals surface area contributed by atoms with Gasteiger partial charge in [-0.05, 0) is 22.3 Å². The zero-order valence-electron chi connectivity index (χ0n) is 21.9. The number of H-pyrrole nitrogens is 1. The highest BCUT2D eigenvalue weighted by Crippen LogP contribution is 2.67. The van der Waals surface area contributed by atoms with Crippen LogP contribution in [0.1, 0.15) is 28.8 Å². The molecule has 1 saturated heterocycles. The average Bonchev–Trinajstić information content (AvgIpc) is 3.40. The maximum absolute atomic E-state index is 13.0. The van der Waals surface area contributed by atoms with Crippen LogP contribution >= 0.6 is 23.5 Å². The summed E-state index contributed by atoms with van der Waals surface area (Å²) >= 11 is 0. The SMILES string of the molecule is COP(=O)(O)OP(=O)(O)OP(=O)(O)OC[C@H]1O[C@@H](n2cc(C3c4ccccc4-c4ccccc43)c(=O)[nH]c2=O)[C@H](O)[C@@H]1O. The quantitative estimate of drug-likeness (QED) is 0.131. The first kappa shape index (κ1) is 31.8. The normalized spacial score (nSPS) is 25.8. The molecule has 0 spiro atoms. The maximum Gasteiger partial charge on any atom is 0.490 e. The standard InChI is InChI=1S/C23H25N2O15P3/c1-36-41(30,31)39-43(34,35)40-42(32,33)37-11-17-19(26)20(27)22(38-17)25-10-16(21(28)24-23(25)29)18-14-8-4-2-6-12(14)13-7-3-5-9-15(13)18/h2-10,17-20,22,26-27H,11H2,1H3,(H,30,31)(H,32,33)(H,34,35)(H,24,28,29)/t17-,19-,20-,22-/m1/s1. The molecule has 0 saturated carbocycles. The summed E-state index contributed by atoms with van der Waals surface area (Å²) in [5, 5.41) is 21.2. The van der Waals surface area contributed by atoms with E-state index in [1.165, 1.54) is 6.20 Å². The molecular weight excluding hydrogens is 637 g/mol. The van der Waals surface area contributed by atoms with E-state index in [0.29, 0.717) is 7.11 Å². The number of rotatable bonds is 10. The second kappa shape index (κ2) is 11.7. The number of aliphatic hydroxyl groups is 2.